The van der Waals surface area contributed by atoms with Crippen molar-refractivity contribution in [2.45, 2.75) is 0 Å². The van der Waals surface area contributed by atoms with E-state index in [0.717, 1.165) is 0 Å². The van der Waals surface area contributed by atoms with Gasteiger partial charge in [0.15, 0.2) is 11.5 Å². The molecule has 0 saturated carbocycles. The Labute approximate surface area is 145 Å². The SMILES string of the molecule is O=C(Oc1ccccc1OC(=O)c1ccccc1Br)c1ccco1. The van der Waals surface area contributed by atoms with E-state index >= 15 is 0 Å². The zero-order chi connectivity index (χ0) is 16.9. The number of carbonyl (C=O) groups is 2. The second kappa shape index (κ2) is 7.14. The Hall–Kier alpha value is -2.86. The molecule has 0 aliphatic rings. The fraction of sp³-hybridized carbons (Fsp3) is 0. The van der Waals surface area contributed by atoms with Gasteiger partial charge in [0.25, 0.3) is 0 Å². The van der Waals surface area contributed by atoms with Crippen LogP contribution < -0.4 is 9.47 Å². The fourth-order valence-corrected chi connectivity index (χ4v) is 2.39. The Morgan fingerprint density at radius 3 is 2.04 bits per heavy atom. The van der Waals surface area contributed by atoms with Crippen LogP contribution in [0.1, 0.15) is 20.9 Å². The Morgan fingerprint density at radius 2 is 1.42 bits per heavy atom. The minimum absolute atomic E-state index is 0.0573. The highest BCUT2D eigenvalue weighted by atomic mass is 79.9. The number of para-hydroxylation sites is 2. The molecule has 0 radical (unpaired) electrons. The first-order valence-corrected chi connectivity index (χ1v) is 7.76. The van der Waals surface area contributed by atoms with Crippen molar-refractivity contribution in [1.29, 1.82) is 0 Å². The predicted molar refractivity (Wildman–Crippen MR) is 89.2 cm³/mol. The van der Waals surface area contributed by atoms with Crippen LogP contribution in [-0.2, 0) is 0 Å². The van der Waals surface area contributed by atoms with E-state index in [0.29, 0.717) is 10.0 Å². The Bertz CT molecular complexity index is 871. The lowest BCUT2D eigenvalue weighted by atomic mass is 10.2. The third-order valence-corrected chi connectivity index (χ3v) is 3.76. The summed E-state index contributed by atoms with van der Waals surface area (Å²) < 4.78 is 16.2. The summed E-state index contributed by atoms with van der Waals surface area (Å²) in [7, 11) is 0. The first-order valence-electron chi connectivity index (χ1n) is 6.96. The van der Waals surface area contributed by atoms with Crippen molar-refractivity contribution < 1.29 is 23.5 Å². The minimum Gasteiger partial charge on any atom is -0.457 e. The number of esters is 2. The lowest BCUT2D eigenvalue weighted by Crippen LogP contribution is -2.12. The molecule has 1 aromatic heterocycles. The summed E-state index contributed by atoms with van der Waals surface area (Å²) >= 11 is 3.30. The van der Waals surface area contributed by atoms with Crippen molar-refractivity contribution in [3.05, 3.63) is 82.7 Å². The van der Waals surface area contributed by atoms with Gasteiger partial charge in [-0.15, -0.1) is 0 Å². The monoisotopic (exact) mass is 386 g/mol. The molecule has 0 N–H and O–H groups in total. The maximum Gasteiger partial charge on any atom is 0.379 e. The summed E-state index contributed by atoms with van der Waals surface area (Å²) in [5.41, 5.74) is 0.365. The average molecular weight is 387 g/mol. The summed E-state index contributed by atoms with van der Waals surface area (Å²) in [6.45, 7) is 0. The van der Waals surface area contributed by atoms with Gasteiger partial charge in [0.1, 0.15) is 0 Å². The minimum atomic E-state index is -0.676. The van der Waals surface area contributed by atoms with E-state index in [1.165, 1.54) is 18.4 Å². The van der Waals surface area contributed by atoms with Crippen LogP contribution >= 0.6 is 15.9 Å². The summed E-state index contributed by atoms with van der Waals surface area (Å²) in [5.74, 6) is -0.923. The van der Waals surface area contributed by atoms with Crippen LogP contribution in [-0.4, -0.2) is 11.9 Å². The predicted octanol–water partition coefficient (Wildman–Crippen LogP) is 4.48. The smallest absolute Gasteiger partial charge is 0.379 e. The zero-order valence-corrected chi connectivity index (χ0v) is 13.9. The third kappa shape index (κ3) is 3.55. The summed E-state index contributed by atoms with van der Waals surface area (Å²) in [6.07, 6.45) is 1.37. The second-order valence-electron chi connectivity index (χ2n) is 4.68. The van der Waals surface area contributed by atoms with Crippen molar-refractivity contribution in [2.75, 3.05) is 0 Å². The number of ether oxygens (including phenoxy) is 2. The number of furan rings is 1. The third-order valence-electron chi connectivity index (χ3n) is 3.07. The number of halogens is 1. The van der Waals surface area contributed by atoms with E-state index in [1.54, 1.807) is 48.5 Å². The van der Waals surface area contributed by atoms with Gasteiger partial charge in [0.05, 0.1) is 11.8 Å². The summed E-state index contributed by atoms with van der Waals surface area (Å²) in [4.78, 5) is 24.3. The molecule has 0 spiro atoms. The van der Waals surface area contributed by atoms with Crippen LogP contribution in [0, 0.1) is 0 Å². The molecular formula is C18H11BrO5. The Balaban J connectivity index is 1.81. The van der Waals surface area contributed by atoms with Crippen molar-refractivity contribution in [2.24, 2.45) is 0 Å². The molecule has 3 aromatic rings. The van der Waals surface area contributed by atoms with Gasteiger partial charge >= 0.3 is 11.9 Å². The molecule has 6 heteroatoms. The van der Waals surface area contributed by atoms with Crippen LogP contribution in [0.5, 0.6) is 11.5 Å². The molecule has 5 nitrogen and oxygen atoms in total. The molecular weight excluding hydrogens is 376 g/mol. The summed E-state index contributed by atoms with van der Waals surface area (Å²) in [5, 5.41) is 0. The molecule has 0 saturated heterocycles. The van der Waals surface area contributed by atoms with E-state index in [4.69, 9.17) is 13.9 Å². The molecule has 120 valence electrons. The number of benzene rings is 2. The van der Waals surface area contributed by atoms with Gasteiger partial charge in [-0.05, 0) is 52.3 Å². The molecule has 0 atom stereocenters. The fourth-order valence-electron chi connectivity index (χ4n) is 1.95. The molecule has 3 rings (SSSR count). The van der Waals surface area contributed by atoms with E-state index in [9.17, 15) is 9.59 Å². The number of hydrogen-bond acceptors (Lipinski definition) is 5. The van der Waals surface area contributed by atoms with Crippen molar-refractivity contribution in [1.82, 2.24) is 0 Å². The lowest BCUT2D eigenvalue weighted by molar-refractivity contribution is 0.0662. The zero-order valence-electron chi connectivity index (χ0n) is 12.3. The van der Waals surface area contributed by atoms with Crippen LogP contribution in [0.2, 0.25) is 0 Å². The van der Waals surface area contributed by atoms with Crippen molar-refractivity contribution in [3.8, 4) is 11.5 Å². The quantitative estimate of drug-likeness (QED) is 0.488. The highest BCUT2D eigenvalue weighted by molar-refractivity contribution is 9.10. The van der Waals surface area contributed by atoms with Crippen LogP contribution in [0.4, 0.5) is 0 Å². The van der Waals surface area contributed by atoms with Crippen LogP contribution in [0.25, 0.3) is 0 Å². The number of hydrogen-bond donors (Lipinski definition) is 0. The highest BCUT2D eigenvalue weighted by Crippen LogP contribution is 2.29. The topological polar surface area (TPSA) is 65.7 Å². The first kappa shape index (κ1) is 16.0. The van der Waals surface area contributed by atoms with Gasteiger partial charge in [-0.1, -0.05) is 24.3 Å². The van der Waals surface area contributed by atoms with E-state index in [1.807, 2.05) is 0 Å². The normalized spacial score (nSPS) is 10.2. The molecule has 0 amide bonds. The van der Waals surface area contributed by atoms with Gasteiger partial charge in [0.2, 0.25) is 5.76 Å². The van der Waals surface area contributed by atoms with Gasteiger partial charge in [-0.3, -0.25) is 0 Å². The van der Waals surface area contributed by atoms with Crippen molar-refractivity contribution >= 4 is 27.9 Å². The molecule has 24 heavy (non-hydrogen) atoms. The summed E-state index contributed by atoms with van der Waals surface area (Å²) in [6, 6.07) is 16.4. The van der Waals surface area contributed by atoms with E-state index in [-0.39, 0.29) is 17.3 Å². The van der Waals surface area contributed by atoms with Gasteiger partial charge < -0.3 is 13.9 Å². The second-order valence-corrected chi connectivity index (χ2v) is 5.54. The van der Waals surface area contributed by atoms with Gasteiger partial charge in [-0.25, -0.2) is 9.59 Å². The number of rotatable bonds is 4. The molecule has 0 bridgehead atoms. The van der Waals surface area contributed by atoms with E-state index < -0.39 is 11.9 Å². The molecule has 1 heterocycles. The Kier molecular flexibility index (Phi) is 4.77. The van der Waals surface area contributed by atoms with Crippen molar-refractivity contribution in [3.63, 3.8) is 0 Å². The molecule has 0 aliphatic heterocycles. The largest absolute Gasteiger partial charge is 0.457 e. The molecule has 0 aliphatic carbocycles. The first-order chi connectivity index (χ1) is 11.6. The van der Waals surface area contributed by atoms with Crippen LogP contribution in [0.3, 0.4) is 0 Å². The highest BCUT2D eigenvalue weighted by Gasteiger charge is 2.18. The van der Waals surface area contributed by atoms with Gasteiger partial charge in [-0.2, -0.15) is 0 Å². The Morgan fingerprint density at radius 1 is 0.792 bits per heavy atom. The average Bonchev–Trinajstić information content (AvgIpc) is 3.11. The van der Waals surface area contributed by atoms with E-state index in [2.05, 4.69) is 15.9 Å². The number of carbonyl (C=O) groups excluding carboxylic acids is 2. The maximum absolute atomic E-state index is 12.3. The van der Waals surface area contributed by atoms with Gasteiger partial charge in [0, 0.05) is 4.47 Å². The molecule has 0 fully saturated rings. The molecule has 0 unspecified atom stereocenters. The van der Waals surface area contributed by atoms with Crippen LogP contribution in [0.15, 0.2) is 75.8 Å². The maximum atomic E-state index is 12.3. The lowest BCUT2D eigenvalue weighted by Gasteiger charge is -2.10. The molecule has 2 aromatic carbocycles. The standard InChI is InChI=1S/C18H11BrO5/c19-13-7-2-1-6-12(13)17(20)23-14-8-3-4-9-15(14)24-18(21)16-10-5-11-22-16/h1-11H.